The number of hydrogen-bond donors (Lipinski definition) is 1. The summed E-state index contributed by atoms with van der Waals surface area (Å²) in [6, 6.07) is 0.749. The molecule has 3 saturated carbocycles. The van der Waals surface area contributed by atoms with Crippen LogP contribution in [-0.2, 0) is 4.74 Å². The highest BCUT2D eigenvalue weighted by molar-refractivity contribution is 5.10. The van der Waals surface area contributed by atoms with Crippen molar-refractivity contribution in [1.82, 2.24) is 5.32 Å². The average Bonchev–Trinajstić information content (AvgIpc) is 2.91. The SMILES string of the molecule is CCNC1CC(OC2CCCCC2)C12CCCC2. The van der Waals surface area contributed by atoms with Gasteiger partial charge in [0.15, 0.2) is 0 Å². The summed E-state index contributed by atoms with van der Waals surface area (Å²) in [5, 5.41) is 3.70. The Kier molecular flexibility index (Phi) is 3.95. The summed E-state index contributed by atoms with van der Waals surface area (Å²) in [6.07, 6.45) is 14.9. The van der Waals surface area contributed by atoms with Crippen LogP contribution in [0.2, 0.25) is 0 Å². The molecule has 1 spiro atoms. The third kappa shape index (κ3) is 2.22. The lowest BCUT2D eigenvalue weighted by atomic mass is 9.60. The van der Waals surface area contributed by atoms with Crippen LogP contribution in [0.25, 0.3) is 0 Å². The van der Waals surface area contributed by atoms with E-state index in [-0.39, 0.29) is 0 Å². The lowest BCUT2D eigenvalue weighted by molar-refractivity contribution is -0.166. The molecule has 0 amide bonds. The Balaban J connectivity index is 1.59. The molecule has 2 heteroatoms. The van der Waals surface area contributed by atoms with E-state index in [1.54, 1.807) is 0 Å². The molecular weight excluding hydrogens is 222 g/mol. The largest absolute Gasteiger partial charge is 0.374 e. The molecular formula is C16H29NO. The van der Waals surface area contributed by atoms with Gasteiger partial charge in [-0.3, -0.25) is 0 Å². The van der Waals surface area contributed by atoms with Crippen LogP contribution in [-0.4, -0.2) is 24.8 Å². The minimum absolute atomic E-state index is 0.521. The number of ether oxygens (including phenoxy) is 1. The van der Waals surface area contributed by atoms with E-state index < -0.39 is 0 Å². The van der Waals surface area contributed by atoms with Gasteiger partial charge in [0.05, 0.1) is 12.2 Å². The number of nitrogens with one attached hydrogen (secondary N) is 1. The van der Waals surface area contributed by atoms with Crippen molar-refractivity contribution in [2.24, 2.45) is 5.41 Å². The van der Waals surface area contributed by atoms with Gasteiger partial charge in [0.25, 0.3) is 0 Å². The van der Waals surface area contributed by atoms with Crippen LogP contribution >= 0.6 is 0 Å². The first-order valence-corrected chi connectivity index (χ1v) is 8.24. The van der Waals surface area contributed by atoms with E-state index in [2.05, 4.69) is 12.2 Å². The smallest absolute Gasteiger partial charge is 0.0665 e. The Morgan fingerprint density at radius 2 is 1.78 bits per heavy atom. The Labute approximate surface area is 112 Å². The molecule has 0 heterocycles. The molecule has 0 aromatic heterocycles. The zero-order chi connectivity index (χ0) is 12.4. The van der Waals surface area contributed by atoms with Crippen molar-refractivity contribution in [3.8, 4) is 0 Å². The van der Waals surface area contributed by atoms with Gasteiger partial charge in [-0.15, -0.1) is 0 Å². The van der Waals surface area contributed by atoms with E-state index in [1.807, 2.05) is 0 Å². The predicted octanol–water partition coefficient (Wildman–Crippen LogP) is 3.65. The first-order chi connectivity index (χ1) is 8.85. The van der Waals surface area contributed by atoms with Gasteiger partial charge in [-0.1, -0.05) is 39.0 Å². The third-order valence-corrected chi connectivity index (χ3v) is 5.68. The Bertz CT molecular complexity index is 266. The lowest BCUT2D eigenvalue weighted by Crippen LogP contribution is -2.63. The Morgan fingerprint density at radius 3 is 2.44 bits per heavy atom. The molecule has 0 saturated heterocycles. The zero-order valence-electron chi connectivity index (χ0n) is 11.9. The molecule has 3 rings (SSSR count). The molecule has 0 aliphatic heterocycles. The summed E-state index contributed by atoms with van der Waals surface area (Å²) in [4.78, 5) is 0. The summed E-state index contributed by atoms with van der Waals surface area (Å²) in [5.41, 5.74) is 0.521. The first-order valence-electron chi connectivity index (χ1n) is 8.24. The maximum absolute atomic E-state index is 6.50. The maximum atomic E-state index is 6.50. The van der Waals surface area contributed by atoms with Crippen molar-refractivity contribution in [2.45, 2.75) is 89.4 Å². The van der Waals surface area contributed by atoms with Gasteiger partial charge in [-0.2, -0.15) is 0 Å². The van der Waals surface area contributed by atoms with Gasteiger partial charge < -0.3 is 10.1 Å². The standard InChI is InChI=1S/C16H29NO/c1-2-17-14-12-15(16(14)10-6-7-11-16)18-13-8-4-3-5-9-13/h13-15,17H,2-12H2,1H3. The molecule has 0 aromatic carbocycles. The first kappa shape index (κ1) is 12.9. The normalized spacial score (nSPS) is 35.8. The van der Waals surface area contributed by atoms with Gasteiger partial charge >= 0.3 is 0 Å². The second kappa shape index (κ2) is 5.50. The van der Waals surface area contributed by atoms with E-state index in [4.69, 9.17) is 4.74 Å². The van der Waals surface area contributed by atoms with Crippen LogP contribution in [0.1, 0.15) is 71.1 Å². The summed E-state index contributed by atoms with van der Waals surface area (Å²) >= 11 is 0. The minimum Gasteiger partial charge on any atom is -0.374 e. The van der Waals surface area contributed by atoms with E-state index in [0.717, 1.165) is 12.6 Å². The van der Waals surface area contributed by atoms with Gasteiger partial charge in [0, 0.05) is 11.5 Å². The van der Waals surface area contributed by atoms with Gasteiger partial charge in [-0.25, -0.2) is 0 Å². The highest BCUT2D eigenvalue weighted by Crippen LogP contribution is 2.55. The molecule has 2 nitrogen and oxygen atoms in total. The van der Waals surface area contributed by atoms with E-state index in [0.29, 0.717) is 17.6 Å². The third-order valence-electron chi connectivity index (χ3n) is 5.68. The number of hydrogen-bond acceptors (Lipinski definition) is 2. The van der Waals surface area contributed by atoms with Gasteiger partial charge in [0.1, 0.15) is 0 Å². The van der Waals surface area contributed by atoms with Crippen molar-refractivity contribution < 1.29 is 4.74 Å². The van der Waals surface area contributed by atoms with Gasteiger partial charge in [0.2, 0.25) is 0 Å². The fraction of sp³-hybridized carbons (Fsp3) is 1.00. The topological polar surface area (TPSA) is 21.3 Å². The summed E-state index contributed by atoms with van der Waals surface area (Å²) in [5.74, 6) is 0. The summed E-state index contributed by atoms with van der Waals surface area (Å²) in [7, 11) is 0. The number of rotatable bonds is 4. The minimum atomic E-state index is 0.521. The van der Waals surface area contributed by atoms with Crippen LogP contribution < -0.4 is 5.32 Å². The van der Waals surface area contributed by atoms with Crippen molar-refractivity contribution in [1.29, 1.82) is 0 Å². The molecule has 3 aliphatic rings. The molecule has 104 valence electrons. The highest BCUT2D eigenvalue weighted by Gasteiger charge is 2.56. The highest BCUT2D eigenvalue weighted by atomic mass is 16.5. The van der Waals surface area contributed by atoms with Crippen LogP contribution in [0.4, 0.5) is 0 Å². The molecule has 3 fully saturated rings. The van der Waals surface area contributed by atoms with Crippen LogP contribution in [0.3, 0.4) is 0 Å². The Morgan fingerprint density at radius 1 is 1.06 bits per heavy atom. The van der Waals surface area contributed by atoms with Crippen molar-refractivity contribution in [2.75, 3.05) is 6.54 Å². The Hall–Kier alpha value is -0.0800. The quantitative estimate of drug-likeness (QED) is 0.823. The second-order valence-electron chi connectivity index (χ2n) is 6.67. The van der Waals surface area contributed by atoms with Crippen LogP contribution in [0.5, 0.6) is 0 Å². The fourth-order valence-corrected chi connectivity index (χ4v) is 4.61. The van der Waals surface area contributed by atoms with Crippen LogP contribution in [0, 0.1) is 5.41 Å². The zero-order valence-corrected chi connectivity index (χ0v) is 11.9. The van der Waals surface area contributed by atoms with Crippen LogP contribution in [0.15, 0.2) is 0 Å². The maximum Gasteiger partial charge on any atom is 0.0665 e. The van der Waals surface area contributed by atoms with E-state index in [1.165, 1.54) is 64.2 Å². The molecule has 2 atom stereocenters. The molecule has 0 bridgehead atoms. The van der Waals surface area contributed by atoms with E-state index in [9.17, 15) is 0 Å². The van der Waals surface area contributed by atoms with Gasteiger partial charge in [-0.05, 0) is 38.6 Å². The fourth-order valence-electron chi connectivity index (χ4n) is 4.61. The summed E-state index contributed by atoms with van der Waals surface area (Å²) < 4.78 is 6.50. The van der Waals surface area contributed by atoms with Crippen molar-refractivity contribution in [3.05, 3.63) is 0 Å². The molecule has 0 radical (unpaired) electrons. The molecule has 2 unspecified atom stereocenters. The lowest BCUT2D eigenvalue weighted by Gasteiger charge is -2.55. The van der Waals surface area contributed by atoms with E-state index >= 15 is 0 Å². The van der Waals surface area contributed by atoms with Crippen molar-refractivity contribution in [3.63, 3.8) is 0 Å². The second-order valence-corrected chi connectivity index (χ2v) is 6.67. The molecule has 0 aromatic rings. The predicted molar refractivity (Wildman–Crippen MR) is 74.7 cm³/mol. The molecule has 3 aliphatic carbocycles. The average molecular weight is 251 g/mol. The molecule has 1 N–H and O–H groups in total. The monoisotopic (exact) mass is 251 g/mol. The summed E-state index contributed by atoms with van der Waals surface area (Å²) in [6.45, 7) is 3.35. The molecule has 18 heavy (non-hydrogen) atoms. The van der Waals surface area contributed by atoms with Crippen molar-refractivity contribution >= 4 is 0 Å².